The number of nitrogens with zero attached hydrogens (tertiary/aromatic N) is 4. The number of fused-ring (bicyclic) bond motifs is 1. The molecule has 1 saturated heterocycles. The van der Waals surface area contributed by atoms with Crippen molar-refractivity contribution in [1.82, 2.24) is 19.5 Å². The molecule has 1 aliphatic rings. The van der Waals surface area contributed by atoms with E-state index in [1.54, 1.807) is 31.7 Å². The molecule has 0 aliphatic carbocycles. The highest BCUT2D eigenvalue weighted by Gasteiger charge is 2.35. The van der Waals surface area contributed by atoms with Crippen LogP contribution >= 0.6 is 0 Å². The first-order valence-electron chi connectivity index (χ1n) is 8.61. The van der Waals surface area contributed by atoms with Crippen LogP contribution in [0.4, 0.5) is 10.6 Å². The molecule has 0 radical (unpaired) electrons. The van der Waals surface area contributed by atoms with Crippen molar-refractivity contribution in [3.05, 3.63) is 12.7 Å². The molecule has 138 valence electrons. The molecule has 8 heteroatoms. The van der Waals surface area contributed by atoms with E-state index >= 15 is 0 Å². The van der Waals surface area contributed by atoms with E-state index < -0.39 is 11.7 Å². The van der Waals surface area contributed by atoms with Crippen molar-refractivity contribution in [2.24, 2.45) is 5.92 Å². The number of carbonyl (C=O) groups excluding carboxylic acids is 1. The largest absolute Gasteiger partial charge is 0.444 e. The minimum absolute atomic E-state index is 0.0606. The third-order valence-electron chi connectivity index (χ3n) is 4.11. The number of aromatic nitrogens is 4. The van der Waals surface area contributed by atoms with Gasteiger partial charge in [-0.15, -0.1) is 6.42 Å². The lowest BCUT2D eigenvalue weighted by Gasteiger charge is -2.19. The van der Waals surface area contributed by atoms with E-state index in [1.165, 1.54) is 6.33 Å². The summed E-state index contributed by atoms with van der Waals surface area (Å²) >= 11 is 0. The van der Waals surface area contributed by atoms with Crippen molar-refractivity contribution < 1.29 is 14.3 Å². The summed E-state index contributed by atoms with van der Waals surface area (Å²) in [6.07, 6.45) is 9.52. The van der Waals surface area contributed by atoms with Crippen LogP contribution < -0.4 is 5.32 Å². The minimum Gasteiger partial charge on any atom is -0.444 e. The molecule has 3 atom stereocenters. The first kappa shape index (κ1) is 18.1. The SMILES string of the molecule is C#CC1CC(CC)OC1n1cnc2c(NC(=O)OC(C)(C)C)ncnc21. The molecule has 1 fully saturated rings. The summed E-state index contributed by atoms with van der Waals surface area (Å²) in [5.41, 5.74) is 0.397. The second-order valence-corrected chi connectivity index (χ2v) is 7.24. The Labute approximate surface area is 152 Å². The van der Waals surface area contributed by atoms with Gasteiger partial charge >= 0.3 is 6.09 Å². The number of amides is 1. The maximum absolute atomic E-state index is 12.0. The number of imidazole rings is 1. The van der Waals surface area contributed by atoms with Gasteiger partial charge in [0.25, 0.3) is 0 Å². The van der Waals surface area contributed by atoms with E-state index in [2.05, 4.69) is 33.1 Å². The van der Waals surface area contributed by atoms with E-state index in [-0.39, 0.29) is 24.1 Å². The molecular formula is C18H23N5O3. The molecule has 3 unspecified atom stereocenters. The van der Waals surface area contributed by atoms with E-state index in [0.29, 0.717) is 11.2 Å². The van der Waals surface area contributed by atoms with Gasteiger partial charge in [-0.2, -0.15) is 0 Å². The Morgan fingerprint density at radius 2 is 2.23 bits per heavy atom. The monoisotopic (exact) mass is 357 g/mol. The fourth-order valence-corrected chi connectivity index (χ4v) is 2.95. The zero-order valence-electron chi connectivity index (χ0n) is 15.4. The number of hydrogen-bond donors (Lipinski definition) is 1. The molecule has 0 bridgehead atoms. The molecule has 0 saturated carbocycles. The van der Waals surface area contributed by atoms with Crippen molar-refractivity contribution in [2.75, 3.05) is 5.32 Å². The highest BCUT2D eigenvalue weighted by atomic mass is 16.6. The molecule has 1 N–H and O–H groups in total. The Morgan fingerprint density at radius 3 is 2.88 bits per heavy atom. The first-order valence-corrected chi connectivity index (χ1v) is 8.61. The van der Waals surface area contributed by atoms with Crippen LogP contribution in [0.1, 0.15) is 46.8 Å². The van der Waals surface area contributed by atoms with Gasteiger partial charge in [-0.05, 0) is 33.6 Å². The van der Waals surface area contributed by atoms with E-state index in [0.717, 1.165) is 12.8 Å². The average Bonchev–Trinajstić information content (AvgIpc) is 3.16. The molecule has 1 aliphatic heterocycles. The highest BCUT2D eigenvalue weighted by molar-refractivity contribution is 5.93. The van der Waals surface area contributed by atoms with Gasteiger partial charge in [0.2, 0.25) is 0 Å². The molecule has 1 amide bonds. The number of carbonyl (C=O) groups is 1. The van der Waals surface area contributed by atoms with Gasteiger partial charge in [-0.1, -0.05) is 12.8 Å². The summed E-state index contributed by atoms with van der Waals surface area (Å²) < 4.78 is 13.1. The first-order chi connectivity index (χ1) is 12.3. The normalized spacial score (nSPS) is 23.0. The Bertz CT molecular complexity index is 849. The second kappa shape index (κ2) is 6.92. The molecule has 0 spiro atoms. The lowest BCUT2D eigenvalue weighted by Crippen LogP contribution is -2.27. The predicted molar refractivity (Wildman–Crippen MR) is 96.3 cm³/mol. The lowest BCUT2D eigenvalue weighted by molar-refractivity contribution is -0.00472. The van der Waals surface area contributed by atoms with E-state index in [4.69, 9.17) is 15.9 Å². The summed E-state index contributed by atoms with van der Waals surface area (Å²) in [6.45, 7) is 7.44. The molecule has 0 aromatic carbocycles. The predicted octanol–water partition coefficient (Wildman–Crippen LogP) is 3.12. The summed E-state index contributed by atoms with van der Waals surface area (Å²) in [7, 11) is 0. The lowest BCUT2D eigenvalue weighted by atomic mass is 10.0. The zero-order valence-corrected chi connectivity index (χ0v) is 15.4. The number of rotatable bonds is 3. The molecule has 3 rings (SSSR count). The van der Waals surface area contributed by atoms with Crippen LogP contribution in [-0.4, -0.2) is 37.3 Å². The van der Waals surface area contributed by atoms with Gasteiger partial charge in [-0.25, -0.2) is 19.7 Å². The van der Waals surface area contributed by atoms with Gasteiger partial charge < -0.3 is 9.47 Å². The second-order valence-electron chi connectivity index (χ2n) is 7.24. The van der Waals surface area contributed by atoms with Crippen LogP contribution in [0, 0.1) is 18.3 Å². The third kappa shape index (κ3) is 3.63. The zero-order chi connectivity index (χ0) is 18.9. The molecule has 26 heavy (non-hydrogen) atoms. The Kier molecular flexibility index (Phi) is 4.83. The Morgan fingerprint density at radius 1 is 1.46 bits per heavy atom. The minimum atomic E-state index is -0.609. The number of ether oxygens (including phenoxy) is 2. The third-order valence-corrected chi connectivity index (χ3v) is 4.11. The van der Waals surface area contributed by atoms with Gasteiger partial charge in [0, 0.05) is 0 Å². The van der Waals surface area contributed by atoms with Gasteiger partial charge in [-0.3, -0.25) is 9.88 Å². The van der Waals surface area contributed by atoms with E-state index in [9.17, 15) is 4.79 Å². The fraction of sp³-hybridized carbons (Fsp3) is 0.556. The van der Waals surface area contributed by atoms with Crippen LogP contribution in [0.2, 0.25) is 0 Å². The average molecular weight is 357 g/mol. The van der Waals surface area contributed by atoms with E-state index in [1.807, 2.05) is 0 Å². The van der Waals surface area contributed by atoms with Crippen LogP contribution in [0.3, 0.4) is 0 Å². The number of hydrogen-bond acceptors (Lipinski definition) is 6. The van der Waals surface area contributed by atoms with Crippen molar-refractivity contribution in [3.8, 4) is 12.3 Å². The molecular weight excluding hydrogens is 334 g/mol. The number of terminal acetylenes is 1. The molecule has 2 aromatic rings. The van der Waals surface area contributed by atoms with Gasteiger partial charge in [0.15, 0.2) is 23.2 Å². The maximum atomic E-state index is 12.0. The van der Waals surface area contributed by atoms with Crippen molar-refractivity contribution in [3.63, 3.8) is 0 Å². The van der Waals surface area contributed by atoms with Gasteiger partial charge in [0.05, 0.1) is 18.3 Å². The summed E-state index contributed by atoms with van der Waals surface area (Å²) in [6, 6.07) is 0. The topological polar surface area (TPSA) is 91.2 Å². The standard InChI is InChI=1S/C18H23N5O3/c1-6-11-8-12(7-2)25-16(11)23-10-21-13-14(19-9-20-15(13)23)22-17(24)26-18(3,4)5/h1,9-12,16H,7-8H2,2-5H3,(H,19,20,22,24). The summed E-state index contributed by atoms with van der Waals surface area (Å²) in [5, 5.41) is 2.62. The Hall–Kier alpha value is -2.66. The smallest absolute Gasteiger partial charge is 0.413 e. The highest BCUT2D eigenvalue weighted by Crippen LogP contribution is 2.37. The molecule has 8 nitrogen and oxygen atoms in total. The summed E-state index contributed by atoms with van der Waals surface area (Å²) in [5.74, 6) is 3.02. The fourth-order valence-electron chi connectivity index (χ4n) is 2.95. The van der Waals surface area contributed by atoms with Crippen LogP contribution in [0.15, 0.2) is 12.7 Å². The van der Waals surface area contributed by atoms with Crippen molar-refractivity contribution in [2.45, 2.75) is 58.5 Å². The quantitative estimate of drug-likeness (QED) is 0.849. The molecule has 3 heterocycles. The number of nitrogens with one attached hydrogen (secondary N) is 1. The Balaban J connectivity index is 1.90. The van der Waals surface area contributed by atoms with Gasteiger partial charge in [0.1, 0.15) is 11.9 Å². The van der Waals surface area contributed by atoms with Crippen LogP contribution in [-0.2, 0) is 9.47 Å². The maximum Gasteiger partial charge on any atom is 0.413 e. The van der Waals surface area contributed by atoms with Crippen molar-refractivity contribution in [1.29, 1.82) is 0 Å². The van der Waals surface area contributed by atoms with Crippen molar-refractivity contribution >= 4 is 23.1 Å². The number of anilines is 1. The molecule has 2 aromatic heterocycles. The van der Waals surface area contributed by atoms with Crippen LogP contribution in [0.25, 0.3) is 11.2 Å². The van der Waals surface area contributed by atoms with Crippen LogP contribution in [0.5, 0.6) is 0 Å². The summed E-state index contributed by atoms with van der Waals surface area (Å²) in [4.78, 5) is 24.8.